The molecule has 0 spiro atoms. The molecular formula is C8H9BClO. The van der Waals surface area contributed by atoms with E-state index in [-0.39, 0.29) is 0 Å². The highest BCUT2D eigenvalue weighted by atomic mass is 35.5. The number of rotatable bonds is 4. The second kappa shape index (κ2) is 5.22. The fourth-order valence-electron chi connectivity index (χ4n) is 0.731. The van der Waals surface area contributed by atoms with Crippen LogP contribution in [0.3, 0.4) is 0 Å². The zero-order valence-electron chi connectivity index (χ0n) is 6.16. The Kier molecular flexibility index (Phi) is 4.10. The summed E-state index contributed by atoms with van der Waals surface area (Å²) >= 11 is 5.42. The lowest BCUT2D eigenvalue weighted by Crippen LogP contribution is -2.17. The highest BCUT2D eigenvalue weighted by molar-refractivity contribution is 6.46. The van der Waals surface area contributed by atoms with Crippen LogP contribution in [0.5, 0.6) is 0 Å². The van der Waals surface area contributed by atoms with Crippen LogP contribution < -0.4 is 5.46 Å². The number of benzene rings is 1. The maximum atomic E-state index is 5.42. The molecule has 11 heavy (non-hydrogen) atoms. The first-order valence-corrected chi connectivity index (χ1v) is 4.03. The van der Waals surface area contributed by atoms with Gasteiger partial charge in [0.1, 0.15) is 0 Å². The molecule has 0 aliphatic heterocycles. The molecule has 1 aromatic rings. The van der Waals surface area contributed by atoms with Gasteiger partial charge in [-0.2, -0.15) is 0 Å². The smallest absolute Gasteiger partial charge is 0.330 e. The first-order valence-electron chi connectivity index (χ1n) is 3.49. The SMILES string of the molecule is ClCCO[B]c1ccccc1. The molecule has 1 radical (unpaired) electrons. The topological polar surface area (TPSA) is 9.23 Å². The summed E-state index contributed by atoms with van der Waals surface area (Å²) in [5.41, 5.74) is 1.07. The Labute approximate surface area is 72.6 Å². The Morgan fingerprint density at radius 1 is 1.27 bits per heavy atom. The normalized spacial score (nSPS) is 9.55. The molecule has 0 fully saturated rings. The maximum absolute atomic E-state index is 5.42. The summed E-state index contributed by atoms with van der Waals surface area (Å²) in [6.07, 6.45) is 0. The van der Waals surface area contributed by atoms with Crippen molar-refractivity contribution in [1.29, 1.82) is 0 Å². The number of hydrogen-bond donors (Lipinski definition) is 0. The van der Waals surface area contributed by atoms with Crippen molar-refractivity contribution in [2.45, 2.75) is 0 Å². The van der Waals surface area contributed by atoms with Gasteiger partial charge in [-0.3, -0.25) is 0 Å². The molecule has 0 aliphatic rings. The Balaban J connectivity index is 2.28. The van der Waals surface area contributed by atoms with Gasteiger partial charge in [0, 0.05) is 12.5 Å². The van der Waals surface area contributed by atoms with E-state index < -0.39 is 0 Å². The summed E-state index contributed by atoms with van der Waals surface area (Å²) in [7, 11) is 1.71. The molecule has 0 bridgehead atoms. The van der Waals surface area contributed by atoms with Gasteiger partial charge in [0.05, 0.1) is 0 Å². The molecule has 1 aromatic carbocycles. The van der Waals surface area contributed by atoms with E-state index in [0.29, 0.717) is 12.5 Å². The maximum Gasteiger partial charge on any atom is 0.330 e. The van der Waals surface area contributed by atoms with Gasteiger partial charge in [0.25, 0.3) is 0 Å². The first-order chi connectivity index (χ1) is 5.43. The van der Waals surface area contributed by atoms with E-state index in [9.17, 15) is 0 Å². The zero-order chi connectivity index (χ0) is 7.94. The number of halogens is 1. The minimum Gasteiger partial charge on any atom is -0.433 e. The average molecular weight is 167 g/mol. The highest BCUT2D eigenvalue weighted by Gasteiger charge is 1.93. The molecule has 0 amide bonds. The molecule has 0 heterocycles. The van der Waals surface area contributed by atoms with Crippen molar-refractivity contribution < 1.29 is 4.65 Å². The van der Waals surface area contributed by atoms with Crippen molar-refractivity contribution in [3.05, 3.63) is 30.3 Å². The fourth-order valence-corrected chi connectivity index (χ4v) is 0.820. The van der Waals surface area contributed by atoms with E-state index in [1.165, 1.54) is 0 Å². The molecule has 0 saturated carbocycles. The molecule has 0 unspecified atom stereocenters. The van der Waals surface area contributed by atoms with E-state index in [1.54, 1.807) is 7.48 Å². The highest BCUT2D eigenvalue weighted by Crippen LogP contribution is 1.82. The van der Waals surface area contributed by atoms with E-state index >= 15 is 0 Å². The van der Waals surface area contributed by atoms with E-state index in [4.69, 9.17) is 16.3 Å². The van der Waals surface area contributed by atoms with Gasteiger partial charge in [-0.25, -0.2) is 0 Å². The van der Waals surface area contributed by atoms with Gasteiger partial charge in [0.15, 0.2) is 0 Å². The lowest BCUT2D eigenvalue weighted by molar-refractivity contribution is 0.370. The summed E-state index contributed by atoms with van der Waals surface area (Å²) < 4.78 is 5.11. The van der Waals surface area contributed by atoms with Crippen LogP contribution in [0, 0.1) is 0 Å². The molecular weight excluding hydrogens is 158 g/mol. The van der Waals surface area contributed by atoms with Crippen molar-refractivity contribution >= 4 is 24.5 Å². The van der Waals surface area contributed by atoms with Crippen LogP contribution in [-0.4, -0.2) is 20.0 Å². The van der Waals surface area contributed by atoms with Gasteiger partial charge in [0.2, 0.25) is 0 Å². The molecule has 1 nitrogen and oxygen atoms in total. The number of alkyl halides is 1. The predicted octanol–water partition coefficient (Wildman–Crippen LogP) is 1.19. The van der Waals surface area contributed by atoms with Crippen molar-refractivity contribution in [3.8, 4) is 0 Å². The Morgan fingerprint density at radius 3 is 2.64 bits per heavy atom. The molecule has 0 saturated heterocycles. The molecule has 0 aliphatic carbocycles. The van der Waals surface area contributed by atoms with Crippen LogP contribution in [0.25, 0.3) is 0 Å². The van der Waals surface area contributed by atoms with Crippen molar-refractivity contribution in [3.63, 3.8) is 0 Å². The summed E-state index contributed by atoms with van der Waals surface area (Å²) in [4.78, 5) is 0. The summed E-state index contributed by atoms with van der Waals surface area (Å²) in [5.74, 6) is 0.531. The van der Waals surface area contributed by atoms with Gasteiger partial charge in [-0.15, -0.1) is 11.6 Å². The van der Waals surface area contributed by atoms with Crippen LogP contribution >= 0.6 is 11.6 Å². The zero-order valence-corrected chi connectivity index (χ0v) is 6.92. The Morgan fingerprint density at radius 2 is 2.00 bits per heavy atom. The third-order valence-electron chi connectivity index (χ3n) is 1.21. The lowest BCUT2D eigenvalue weighted by atomic mass is 9.88. The van der Waals surface area contributed by atoms with Crippen molar-refractivity contribution in [2.75, 3.05) is 12.5 Å². The lowest BCUT2D eigenvalue weighted by Gasteiger charge is -1.98. The molecule has 3 heteroatoms. The van der Waals surface area contributed by atoms with Gasteiger partial charge in [-0.1, -0.05) is 35.8 Å². The van der Waals surface area contributed by atoms with Crippen LogP contribution in [0.4, 0.5) is 0 Å². The quantitative estimate of drug-likeness (QED) is 0.372. The van der Waals surface area contributed by atoms with Crippen molar-refractivity contribution in [2.24, 2.45) is 0 Å². The van der Waals surface area contributed by atoms with Crippen LogP contribution in [0.15, 0.2) is 30.3 Å². The minimum atomic E-state index is 0.531. The Bertz CT molecular complexity index is 191. The molecule has 57 valence electrons. The third kappa shape index (κ3) is 3.45. The average Bonchev–Trinajstić information content (AvgIpc) is 2.07. The monoisotopic (exact) mass is 167 g/mol. The number of hydrogen-bond acceptors (Lipinski definition) is 1. The second-order valence-corrected chi connectivity index (χ2v) is 2.47. The minimum absolute atomic E-state index is 0.531. The van der Waals surface area contributed by atoms with Crippen LogP contribution in [-0.2, 0) is 4.65 Å². The molecule has 0 aromatic heterocycles. The summed E-state index contributed by atoms with van der Waals surface area (Å²) in [6, 6.07) is 9.87. The van der Waals surface area contributed by atoms with E-state index in [0.717, 1.165) is 5.46 Å². The summed E-state index contributed by atoms with van der Waals surface area (Å²) in [5, 5.41) is 0. The molecule has 0 N–H and O–H groups in total. The van der Waals surface area contributed by atoms with E-state index in [2.05, 4.69) is 0 Å². The van der Waals surface area contributed by atoms with Gasteiger partial charge < -0.3 is 4.65 Å². The second-order valence-electron chi connectivity index (χ2n) is 2.09. The van der Waals surface area contributed by atoms with Crippen molar-refractivity contribution in [1.82, 2.24) is 0 Å². The van der Waals surface area contributed by atoms with E-state index in [1.807, 2.05) is 30.3 Å². The standard InChI is InChI=1S/C8H9BClO/c10-6-7-11-9-8-4-2-1-3-5-8/h1-5H,6-7H2. The van der Waals surface area contributed by atoms with Crippen LogP contribution in [0.1, 0.15) is 0 Å². The third-order valence-corrected chi connectivity index (χ3v) is 1.37. The largest absolute Gasteiger partial charge is 0.433 e. The fraction of sp³-hybridized carbons (Fsp3) is 0.250. The van der Waals surface area contributed by atoms with Gasteiger partial charge in [-0.05, 0) is 0 Å². The Hall–Kier alpha value is -0.465. The molecule has 1 rings (SSSR count). The summed E-state index contributed by atoms with van der Waals surface area (Å²) in [6.45, 7) is 0.566. The first kappa shape index (κ1) is 8.63. The predicted molar refractivity (Wildman–Crippen MR) is 48.5 cm³/mol. The van der Waals surface area contributed by atoms with Crippen LogP contribution in [0.2, 0.25) is 0 Å². The van der Waals surface area contributed by atoms with Gasteiger partial charge >= 0.3 is 7.48 Å². The molecule has 0 atom stereocenters.